The van der Waals surface area contributed by atoms with E-state index in [1.165, 1.54) is 12.8 Å². The molecule has 0 saturated heterocycles. The number of aromatic nitrogens is 3. The molecule has 0 spiro atoms. The maximum Gasteiger partial charge on any atom is 0.199 e. The van der Waals surface area contributed by atoms with Gasteiger partial charge in [-0.3, -0.25) is 4.90 Å². The Bertz CT molecular complexity index is 781. The summed E-state index contributed by atoms with van der Waals surface area (Å²) >= 11 is 11.7. The summed E-state index contributed by atoms with van der Waals surface area (Å²) in [6.07, 6.45) is 2.45. The summed E-state index contributed by atoms with van der Waals surface area (Å²) in [5.41, 5.74) is 1.05. The molecule has 1 aliphatic carbocycles. The van der Waals surface area contributed by atoms with Gasteiger partial charge in [0.15, 0.2) is 4.77 Å². The molecular weight excluding hydrogens is 344 g/mol. The molecule has 1 aliphatic rings. The van der Waals surface area contributed by atoms with Crippen LogP contribution in [0.4, 0.5) is 0 Å². The molecule has 2 aromatic rings. The molecule has 1 aromatic heterocycles. The Hall–Kier alpha value is -1.37. The number of nitrogens with zero attached hydrogens (tertiary/aromatic N) is 4. The second-order valence-corrected chi connectivity index (χ2v) is 7.07. The first-order valence-corrected chi connectivity index (χ1v) is 9.00. The lowest BCUT2D eigenvalue weighted by Gasteiger charge is -2.18. The van der Waals surface area contributed by atoms with E-state index >= 15 is 0 Å². The van der Waals surface area contributed by atoms with Crippen molar-refractivity contribution in [3.63, 3.8) is 0 Å². The fraction of sp³-hybridized carbons (Fsp3) is 0.529. The molecule has 0 atom stereocenters. The van der Waals surface area contributed by atoms with Crippen LogP contribution in [0.1, 0.15) is 37.1 Å². The molecule has 130 valence electrons. The lowest BCUT2D eigenvalue weighted by molar-refractivity contribution is 0.240. The van der Waals surface area contributed by atoms with Crippen LogP contribution in [0, 0.1) is 4.77 Å². The smallest absolute Gasteiger partial charge is 0.199 e. The summed E-state index contributed by atoms with van der Waals surface area (Å²) in [4.78, 5) is 2.16. The Morgan fingerprint density at radius 1 is 1.42 bits per heavy atom. The van der Waals surface area contributed by atoms with E-state index in [1.807, 2.05) is 29.9 Å². The molecule has 1 fully saturated rings. The number of hydrogen-bond acceptors (Lipinski definition) is 4. The van der Waals surface area contributed by atoms with Crippen molar-refractivity contribution in [1.82, 2.24) is 19.2 Å². The van der Waals surface area contributed by atoms with Crippen molar-refractivity contribution in [1.29, 1.82) is 0 Å². The fourth-order valence-corrected chi connectivity index (χ4v) is 3.45. The van der Waals surface area contributed by atoms with Gasteiger partial charge in [-0.1, -0.05) is 11.6 Å². The summed E-state index contributed by atoms with van der Waals surface area (Å²) < 4.78 is 10.3. The predicted molar refractivity (Wildman–Crippen MR) is 98.2 cm³/mol. The van der Waals surface area contributed by atoms with Crippen LogP contribution in [0.3, 0.4) is 0 Å². The second kappa shape index (κ2) is 7.25. The van der Waals surface area contributed by atoms with Gasteiger partial charge in [0, 0.05) is 29.6 Å². The number of hydrogen-bond donors (Lipinski definition) is 0. The summed E-state index contributed by atoms with van der Waals surface area (Å²) in [6, 6.07) is 5.68. The van der Waals surface area contributed by atoms with E-state index in [0.29, 0.717) is 24.2 Å². The van der Waals surface area contributed by atoms with Crippen LogP contribution in [0.5, 0.6) is 5.75 Å². The highest BCUT2D eigenvalue weighted by atomic mass is 35.5. The van der Waals surface area contributed by atoms with E-state index in [4.69, 9.17) is 33.7 Å². The summed E-state index contributed by atoms with van der Waals surface area (Å²) in [6.45, 7) is 4.34. The third kappa shape index (κ3) is 3.66. The largest absolute Gasteiger partial charge is 0.496 e. The van der Waals surface area contributed by atoms with Gasteiger partial charge in [0.25, 0.3) is 0 Å². The van der Waals surface area contributed by atoms with Crippen molar-refractivity contribution in [3.8, 4) is 5.75 Å². The quantitative estimate of drug-likeness (QED) is 0.692. The van der Waals surface area contributed by atoms with Gasteiger partial charge in [-0.25, -0.2) is 4.68 Å². The number of rotatable bonds is 7. The van der Waals surface area contributed by atoms with E-state index in [-0.39, 0.29) is 0 Å². The first kappa shape index (κ1) is 17.5. The molecule has 7 heteroatoms. The highest BCUT2D eigenvalue weighted by Gasteiger charge is 2.29. The normalized spacial score (nSPS) is 14.4. The number of halogens is 1. The highest BCUT2D eigenvalue weighted by Crippen LogP contribution is 2.39. The van der Waals surface area contributed by atoms with Crippen LogP contribution in [-0.4, -0.2) is 33.4 Å². The Balaban J connectivity index is 1.77. The first-order chi connectivity index (χ1) is 11.5. The van der Waals surface area contributed by atoms with E-state index in [2.05, 4.69) is 16.4 Å². The monoisotopic (exact) mass is 366 g/mol. The van der Waals surface area contributed by atoms with E-state index < -0.39 is 0 Å². The molecule has 0 aliphatic heterocycles. The Morgan fingerprint density at radius 3 is 2.79 bits per heavy atom. The van der Waals surface area contributed by atoms with Gasteiger partial charge >= 0.3 is 0 Å². The first-order valence-electron chi connectivity index (χ1n) is 8.22. The van der Waals surface area contributed by atoms with Crippen LogP contribution in [0.15, 0.2) is 18.2 Å². The maximum atomic E-state index is 6.12. The molecule has 1 heterocycles. The molecule has 0 amide bonds. The minimum absolute atomic E-state index is 0.589. The van der Waals surface area contributed by atoms with Gasteiger partial charge in [-0.2, -0.15) is 5.10 Å². The Morgan fingerprint density at radius 2 is 2.17 bits per heavy atom. The molecular formula is C17H23ClN4OS. The van der Waals surface area contributed by atoms with Crippen molar-refractivity contribution in [2.24, 2.45) is 0 Å². The van der Waals surface area contributed by atoms with Crippen molar-refractivity contribution in [3.05, 3.63) is 39.4 Å². The third-order valence-electron chi connectivity index (χ3n) is 4.27. The maximum absolute atomic E-state index is 6.12. The van der Waals surface area contributed by atoms with Gasteiger partial charge < -0.3 is 9.30 Å². The van der Waals surface area contributed by atoms with Crippen molar-refractivity contribution >= 4 is 23.8 Å². The van der Waals surface area contributed by atoms with Crippen molar-refractivity contribution in [2.45, 2.75) is 45.4 Å². The zero-order valence-corrected chi connectivity index (χ0v) is 15.9. The van der Waals surface area contributed by atoms with Crippen molar-refractivity contribution < 1.29 is 4.74 Å². The van der Waals surface area contributed by atoms with Gasteiger partial charge in [-0.15, -0.1) is 0 Å². The minimum Gasteiger partial charge on any atom is -0.496 e. The second-order valence-electron chi connectivity index (χ2n) is 6.27. The van der Waals surface area contributed by atoms with E-state index in [0.717, 1.165) is 28.5 Å². The lowest BCUT2D eigenvalue weighted by Crippen LogP contribution is -2.23. The van der Waals surface area contributed by atoms with Gasteiger partial charge in [0.1, 0.15) is 11.6 Å². The Labute approximate surface area is 152 Å². The summed E-state index contributed by atoms with van der Waals surface area (Å²) in [5, 5.41) is 5.47. The van der Waals surface area contributed by atoms with E-state index in [9.17, 15) is 0 Å². The highest BCUT2D eigenvalue weighted by molar-refractivity contribution is 7.71. The topological polar surface area (TPSA) is 35.2 Å². The van der Waals surface area contributed by atoms with Crippen molar-refractivity contribution in [2.75, 3.05) is 14.2 Å². The third-order valence-corrected chi connectivity index (χ3v) is 4.93. The SMILES string of the molecule is CCn1c(C2CC2)nn(CN(C)Cc2cc(Cl)ccc2OC)c1=S. The van der Waals surface area contributed by atoms with Crippen LogP contribution in [0.25, 0.3) is 0 Å². The predicted octanol–water partition coefficient (Wildman–Crippen LogP) is 4.06. The minimum atomic E-state index is 0.589. The van der Waals surface area contributed by atoms with Gasteiger partial charge in [-0.05, 0) is 57.2 Å². The van der Waals surface area contributed by atoms with Crippen LogP contribution >= 0.6 is 23.8 Å². The molecule has 1 saturated carbocycles. The number of ether oxygens (including phenoxy) is 1. The molecule has 1 aromatic carbocycles. The fourth-order valence-electron chi connectivity index (χ4n) is 2.93. The molecule has 0 N–H and O–H groups in total. The lowest BCUT2D eigenvalue weighted by atomic mass is 10.2. The molecule has 0 radical (unpaired) electrons. The average molecular weight is 367 g/mol. The molecule has 0 unspecified atom stereocenters. The number of methoxy groups -OCH3 is 1. The zero-order chi connectivity index (χ0) is 17.3. The van der Waals surface area contributed by atoms with Crippen LogP contribution in [-0.2, 0) is 19.8 Å². The Kier molecular flexibility index (Phi) is 5.27. The van der Waals surface area contributed by atoms with E-state index in [1.54, 1.807) is 7.11 Å². The number of benzene rings is 1. The summed E-state index contributed by atoms with van der Waals surface area (Å²) in [5.74, 6) is 2.56. The van der Waals surface area contributed by atoms with Gasteiger partial charge in [0.05, 0.1) is 13.8 Å². The standard InChI is InChI=1S/C17H23ClN4OS/c1-4-21-16(12-5-6-12)19-22(17(21)24)11-20(2)10-13-9-14(18)7-8-15(13)23-3/h7-9,12H,4-6,10-11H2,1-3H3. The van der Waals surface area contributed by atoms with Crippen LogP contribution in [0.2, 0.25) is 5.02 Å². The van der Waals surface area contributed by atoms with Gasteiger partial charge in [0.2, 0.25) is 0 Å². The molecule has 3 rings (SSSR count). The zero-order valence-electron chi connectivity index (χ0n) is 14.3. The van der Waals surface area contributed by atoms with Crippen LogP contribution < -0.4 is 4.74 Å². The summed E-state index contributed by atoms with van der Waals surface area (Å²) in [7, 11) is 3.72. The molecule has 0 bridgehead atoms. The average Bonchev–Trinajstić information content (AvgIpc) is 3.34. The molecule has 5 nitrogen and oxygen atoms in total. The molecule has 24 heavy (non-hydrogen) atoms.